The molecule has 206 valence electrons. The van der Waals surface area contributed by atoms with Gasteiger partial charge in [0.25, 0.3) is 0 Å². The maximum Gasteiger partial charge on any atom is 0.336 e. The third kappa shape index (κ3) is 5.39. The lowest BCUT2D eigenvalue weighted by Crippen LogP contribution is -2.36. The number of dihydropyridines is 1. The summed E-state index contributed by atoms with van der Waals surface area (Å²) in [7, 11) is 3.22. The molecule has 0 fully saturated rings. The molecule has 3 aromatic rings. The van der Waals surface area contributed by atoms with Crippen molar-refractivity contribution in [3.8, 4) is 11.5 Å². The number of hydrogen-bond acceptors (Lipinski definition) is 6. The monoisotopic (exact) mass is 537 g/mol. The maximum atomic E-state index is 13.9. The SMILES string of the molecule is COc1ccc([C@H]2CC(=O)C3=C(C2)NC(C)=C(C(=O)OCCc2ccccc2)[C@@H]3c2ccccc2C)cc1OC. The molecule has 0 unspecified atom stereocenters. The summed E-state index contributed by atoms with van der Waals surface area (Å²) < 4.78 is 16.7. The molecule has 6 heteroatoms. The lowest BCUT2D eigenvalue weighted by Gasteiger charge is -2.37. The van der Waals surface area contributed by atoms with E-state index < -0.39 is 11.9 Å². The molecule has 1 aliphatic heterocycles. The van der Waals surface area contributed by atoms with Crippen molar-refractivity contribution in [3.05, 3.63) is 118 Å². The molecule has 3 aromatic carbocycles. The van der Waals surface area contributed by atoms with Crippen molar-refractivity contribution < 1.29 is 23.8 Å². The molecular formula is C34H35NO5. The van der Waals surface area contributed by atoms with E-state index in [1.165, 1.54) is 0 Å². The highest BCUT2D eigenvalue weighted by atomic mass is 16.5. The first-order chi connectivity index (χ1) is 19.4. The Morgan fingerprint density at radius 3 is 2.35 bits per heavy atom. The first-order valence-electron chi connectivity index (χ1n) is 13.6. The summed E-state index contributed by atoms with van der Waals surface area (Å²) in [6.45, 7) is 4.18. The van der Waals surface area contributed by atoms with Gasteiger partial charge < -0.3 is 19.5 Å². The average Bonchev–Trinajstić information content (AvgIpc) is 2.96. The van der Waals surface area contributed by atoms with Crippen molar-refractivity contribution in [1.82, 2.24) is 5.32 Å². The van der Waals surface area contributed by atoms with Gasteiger partial charge in [0.2, 0.25) is 0 Å². The van der Waals surface area contributed by atoms with Gasteiger partial charge in [0.05, 0.1) is 26.4 Å². The van der Waals surface area contributed by atoms with Crippen LogP contribution in [0, 0.1) is 6.92 Å². The predicted molar refractivity (Wildman–Crippen MR) is 154 cm³/mol. The van der Waals surface area contributed by atoms with Crippen LogP contribution in [0.15, 0.2) is 95.3 Å². The topological polar surface area (TPSA) is 73.9 Å². The molecule has 6 nitrogen and oxygen atoms in total. The van der Waals surface area contributed by atoms with Gasteiger partial charge in [-0.2, -0.15) is 0 Å². The number of ketones is 1. The average molecular weight is 538 g/mol. The zero-order chi connectivity index (χ0) is 28.2. The van der Waals surface area contributed by atoms with Crippen LogP contribution < -0.4 is 14.8 Å². The van der Waals surface area contributed by atoms with Crippen LogP contribution in [0.5, 0.6) is 11.5 Å². The van der Waals surface area contributed by atoms with Crippen molar-refractivity contribution in [1.29, 1.82) is 0 Å². The summed E-state index contributed by atoms with van der Waals surface area (Å²) in [6.07, 6.45) is 1.61. The minimum atomic E-state index is -0.486. The van der Waals surface area contributed by atoms with Gasteiger partial charge in [-0.1, -0.05) is 60.7 Å². The Hall–Kier alpha value is -4.32. The molecule has 0 amide bonds. The minimum absolute atomic E-state index is 0.0248. The lowest BCUT2D eigenvalue weighted by molar-refractivity contribution is -0.139. The fraction of sp³-hybridized carbons (Fsp3) is 0.294. The van der Waals surface area contributed by atoms with E-state index in [0.29, 0.717) is 41.9 Å². The van der Waals surface area contributed by atoms with E-state index >= 15 is 0 Å². The Kier molecular flexibility index (Phi) is 8.06. The summed E-state index contributed by atoms with van der Waals surface area (Å²) in [6, 6.07) is 23.7. The summed E-state index contributed by atoms with van der Waals surface area (Å²) in [4.78, 5) is 27.5. The number of hydrogen-bond donors (Lipinski definition) is 1. The number of aryl methyl sites for hydroxylation is 1. The van der Waals surface area contributed by atoms with E-state index in [4.69, 9.17) is 14.2 Å². The molecule has 40 heavy (non-hydrogen) atoms. The quantitative estimate of drug-likeness (QED) is 0.347. The lowest BCUT2D eigenvalue weighted by atomic mass is 9.71. The number of methoxy groups -OCH3 is 2. The van der Waals surface area contributed by atoms with Crippen LogP contribution in [-0.4, -0.2) is 32.6 Å². The summed E-state index contributed by atoms with van der Waals surface area (Å²) in [5.41, 5.74) is 6.83. The number of Topliss-reactive ketones (excluding diaryl/α,β-unsaturated/α-hetero) is 1. The van der Waals surface area contributed by atoms with Gasteiger partial charge >= 0.3 is 5.97 Å². The second-order valence-electron chi connectivity index (χ2n) is 10.4. The van der Waals surface area contributed by atoms with Crippen LogP contribution in [0.4, 0.5) is 0 Å². The molecule has 0 aromatic heterocycles. The van der Waals surface area contributed by atoms with Gasteiger partial charge in [-0.25, -0.2) is 4.79 Å². The Balaban J connectivity index is 1.47. The molecule has 0 saturated heterocycles. The standard InChI is InChI=1S/C34H35NO5/c1-21-10-8-9-13-26(21)32-31(34(37)40-17-16-23-11-6-5-7-12-23)22(2)35-27-18-25(19-28(36)33(27)32)24-14-15-29(38-3)30(20-24)39-4/h5-15,20,25,32,35H,16-19H2,1-4H3/t25-,32+/m1/s1. The Morgan fingerprint density at radius 2 is 1.62 bits per heavy atom. The number of allylic oxidation sites excluding steroid dienone is 3. The van der Waals surface area contributed by atoms with Crippen molar-refractivity contribution in [3.63, 3.8) is 0 Å². The molecule has 0 spiro atoms. The molecule has 0 radical (unpaired) electrons. The van der Waals surface area contributed by atoms with Gasteiger partial charge in [0, 0.05) is 35.7 Å². The molecule has 1 aliphatic carbocycles. The third-order valence-corrected chi connectivity index (χ3v) is 7.89. The highest BCUT2D eigenvalue weighted by Crippen LogP contribution is 2.47. The van der Waals surface area contributed by atoms with Crippen molar-refractivity contribution in [2.75, 3.05) is 20.8 Å². The molecule has 5 rings (SSSR count). The minimum Gasteiger partial charge on any atom is -0.493 e. The second-order valence-corrected chi connectivity index (χ2v) is 10.4. The van der Waals surface area contributed by atoms with Crippen LogP contribution in [-0.2, 0) is 20.7 Å². The van der Waals surface area contributed by atoms with Crippen molar-refractivity contribution >= 4 is 11.8 Å². The van der Waals surface area contributed by atoms with E-state index in [9.17, 15) is 9.59 Å². The Labute approximate surface area is 235 Å². The third-order valence-electron chi connectivity index (χ3n) is 7.89. The number of nitrogens with one attached hydrogen (secondary N) is 1. The van der Waals surface area contributed by atoms with E-state index in [1.54, 1.807) is 14.2 Å². The number of esters is 1. The predicted octanol–water partition coefficient (Wildman–Crippen LogP) is 6.16. The maximum absolute atomic E-state index is 13.9. The van der Waals surface area contributed by atoms with E-state index in [0.717, 1.165) is 33.6 Å². The Morgan fingerprint density at radius 1 is 0.900 bits per heavy atom. The van der Waals surface area contributed by atoms with Crippen LogP contribution in [0.3, 0.4) is 0 Å². The fourth-order valence-electron chi connectivity index (χ4n) is 5.86. The number of benzene rings is 3. The highest BCUT2D eigenvalue weighted by Gasteiger charge is 2.42. The number of carbonyl (C=O) groups is 2. The van der Waals surface area contributed by atoms with Gasteiger partial charge in [0.15, 0.2) is 17.3 Å². The molecule has 2 aliphatic rings. The molecule has 2 atom stereocenters. The Bertz CT molecular complexity index is 1490. The summed E-state index contributed by atoms with van der Waals surface area (Å²) in [5.74, 6) is 0.416. The van der Waals surface area contributed by atoms with Gasteiger partial charge in [-0.15, -0.1) is 0 Å². The van der Waals surface area contributed by atoms with Crippen LogP contribution in [0.25, 0.3) is 0 Å². The van der Waals surface area contributed by atoms with Crippen LogP contribution in [0.2, 0.25) is 0 Å². The molecule has 0 bridgehead atoms. The number of carbonyl (C=O) groups excluding carboxylic acids is 2. The molecule has 1 N–H and O–H groups in total. The van der Waals surface area contributed by atoms with Gasteiger partial charge in [-0.3, -0.25) is 4.79 Å². The zero-order valence-corrected chi connectivity index (χ0v) is 23.5. The molecule has 1 heterocycles. The van der Waals surface area contributed by atoms with Crippen LogP contribution in [0.1, 0.15) is 53.9 Å². The van der Waals surface area contributed by atoms with Crippen LogP contribution >= 0.6 is 0 Å². The molecular weight excluding hydrogens is 502 g/mol. The van der Waals surface area contributed by atoms with E-state index in [2.05, 4.69) is 5.32 Å². The van der Waals surface area contributed by atoms with E-state index in [1.807, 2.05) is 86.6 Å². The second kappa shape index (κ2) is 11.8. The summed E-state index contributed by atoms with van der Waals surface area (Å²) in [5, 5.41) is 3.44. The molecule has 0 saturated carbocycles. The smallest absolute Gasteiger partial charge is 0.336 e. The van der Waals surface area contributed by atoms with Gasteiger partial charge in [0.1, 0.15) is 0 Å². The van der Waals surface area contributed by atoms with Gasteiger partial charge in [-0.05, 0) is 60.6 Å². The number of ether oxygens (including phenoxy) is 3. The van der Waals surface area contributed by atoms with Crippen molar-refractivity contribution in [2.45, 2.75) is 44.9 Å². The van der Waals surface area contributed by atoms with E-state index in [-0.39, 0.29) is 18.3 Å². The van der Waals surface area contributed by atoms with Crippen molar-refractivity contribution in [2.24, 2.45) is 0 Å². The number of rotatable bonds is 8. The zero-order valence-electron chi connectivity index (χ0n) is 23.5. The largest absolute Gasteiger partial charge is 0.493 e. The first kappa shape index (κ1) is 27.3. The normalized spacial score (nSPS) is 18.6. The highest BCUT2D eigenvalue weighted by molar-refractivity contribution is 6.04. The fourth-order valence-corrected chi connectivity index (χ4v) is 5.86. The summed E-state index contributed by atoms with van der Waals surface area (Å²) >= 11 is 0. The first-order valence-corrected chi connectivity index (χ1v) is 13.6.